The third-order valence-electron chi connectivity index (χ3n) is 3.94. The van der Waals surface area contributed by atoms with Crippen LogP contribution < -0.4 is 5.73 Å². The van der Waals surface area contributed by atoms with Crippen molar-refractivity contribution in [1.82, 2.24) is 4.90 Å². The van der Waals surface area contributed by atoms with E-state index in [9.17, 15) is 4.39 Å². The number of aryl methyl sites for hydroxylation is 1. The normalized spacial score (nSPS) is 17.6. The summed E-state index contributed by atoms with van der Waals surface area (Å²) < 4.78 is 19.1. The highest BCUT2D eigenvalue weighted by atomic mass is 19.1. The minimum absolute atomic E-state index is 0.148. The summed E-state index contributed by atoms with van der Waals surface area (Å²) >= 11 is 0. The second-order valence-corrected chi connectivity index (χ2v) is 5.56. The summed E-state index contributed by atoms with van der Waals surface area (Å²) in [6.45, 7) is 6.37. The highest BCUT2D eigenvalue weighted by molar-refractivity contribution is 5.26. The van der Waals surface area contributed by atoms with Crippen LogP contribution in [0.3, 0.4) is 0 Å². The zero-order valence-electron chi connectivity index (χ0n) is 12.3. The number of hydrogen-bond donors (Lipinski definition) is 1. The van der Waals surface area contributed by atoms with E-state index < -0.39 is 0 Å². The fourth-order valence-electron chi connectivity index (χ4n) is 2.62. The predicted octanol–water partition coefficient (Wildman–Crippen LogP) is 2.46. The van der Waals surface area contributed by atoms with E-state index in [0.29, 0.717) is 12.6 Å². The van der Waals surface area contributed by atoms with Crippen molar-refractivity contribution in [3.05, 3.63) is 35.1 Å². The zero-order valence-corrected chi connectivity index (χ0v) is 12.3. The molecule has 1 fully saturated rings. The molecule has 2 rings (SSSR count). The summed E-state index contributed by atoms with van der Waals surface area (Å²) in [5.41, 5.74) is 7.71. The Hall–Kier alpha value is -0.970. The molecule has 0 unspecified atom stereocenters. The lowest BCUT2D eigenvalue weighted by atomic mass is 10.0. The Morgan fingerprint density at radius 3 is 2.80 bits per heavy atom. The van der Waals surface area contributed by atoms with Gasteiger partial charge >= 0.3 is 0 Å². The molecule has 0 saturated carbocycles. The summed E-state index contributed by atoms with van der Waals surface area (Å²) in [6.07, 6.45) is 3.41. The van der Waals surface area contributed by atoms with Gasteiger partial charge in [0.15, 0.2) is 0 Å². The Kier molecular flexibility index (Phi) is 5.95. The average molecular weight is 280 g/mol. The third-order valence-corrected chi connectivity index (χ3v) is 3.94. The molecule has 3 nitrogen and oxygen atoms in total. The predicted molar refractivity (Wildman–Crippen MR) is 79.1 cm³/mol. The van der Waals surface area contributed by atoms with Gasteiger partial charge in [-0.25, -0.2) is 4.39 Å². The molecule has 0 bridgehead atoms. The molecule has 112 valence electrons. The Labute approximate surface area is 120 Å². The quantitative estimate of drug-likeness (QED) is 0.814. The van der Waals surface area contributed by atoms with E-state index in [4.69, 9.17) is 10.5 Å². The number of nitrogens with zero attached hydrogens (tertiary/aromatic N) is 1. The largest absolute Gasteiger partial charge is 0.378 e. The number of ether oxygens (including phenoxy) is 1. The van der Waals surface area contributed by atoms with Gasteiger partial charge in [0.1, 0.15) is 5.82 Å². The van der Waals surface area contributed by atoms with Crippen molar-refractivity contribution in [1.29, 1.82) is 0 Å². The zero-order chi connectivity index (χ0) is 14.4. The molecule has 1 aromatic rings. The van der Waals surface area contributed by atoms with Crippen LogP contribution in [0.25, 0.3) is 0 Å². The second-order valence-electron chi connectivity index (χ2n) is 5.56. The van der Waals surface area contributed by atoms with Gasteiger partial charge in [0.05, 0.1) is 6.10 Å². The number of benzene rings is 1. The van der Waals surface area contributed by atoms with Crippen LogP contribution in [0.2, 0.25) is 0 Å². The molecule has 2 N–H and O–H groups in total. The molecule has 1 aliphatic heterocycles. The summed E-state index contributed by atoms with van der Waals surface area (Å²) in [6, 6.07) is 5.03. The lowest BCUT2D eigenvalue weighted by Gasteiger charge is -2.32. The number of halogens is 1. The van der Waals surface area contributed by atoms with Crippen LogP contribution in [-0.2, 0) is 11.3 Å². The minimum Gasteiger partial charge on any atom is -0.378 e. The molecular weight excluding hydrogens is 255 g/mol. The monoisotopic (exact) mass is 280 g/mol. The highest BCUT2D eigenvalue weighted by Crippen LogP contribution is 2.18. The number of nitrogens with two attached hydrogens (primary N) is 1. The molecule has 0 spiro atoms. The fourth-order valence-corrected chi connectivity index (χ4v) is 2.62. The van der Waals surface area contributed by atoms with Gasteiger partial charge in [-0.1, -0.05) is 6.07 Å². The molecule has 0 atom stereocenters. The molecule has 0 aromatic heterocycles. The van der Waals surface area contributed by atoms with E-state index in [1.807, 2.05) is 13.0 Å². The number of hydrogen-bond acceptors (Lipinski definition) is 3. The molecule has 1 saturated heterocycles. The van der Waals surface area contributed by atoms with Crippen molar-refractivity contribution < 1.29 is 9.13 Å². The third kappa shape index (κ3) is 4.54. The molecule has 0 aliphatic carbocycles. The van der Waals surface area contributed by atoms with Gasteiger partial charge in [-0.05, 0) is 56.0 Å². The number of piperidine rings is 1. The van der Waals surface area contributed by atoms with Crippen molar-refractivity contribution in [3.8, 4) is 0 Å². The Morgan fingerprint density at radius 2 is 2.10 bits per heavy atom. The van der Waals surface area contributed by atoms with Gasteiger partial charge in [-0.3, -0.25) is 4.90 Å². The summed E-state index contributed by atoms with van der Waals surface area (Å²) in [4.78, 5) is 2.38. The van der Waals surface area contributed by atoms with E-state index in [-0.39, 0.29) is 5.82 Å². The molecule has 4 heteroatoms. The Bertz CT molecular complexity index is 417. The first-order valence-corrected chi connectivity index (χ1v) is 7.48. The summed E-state index contributed by atoms with van der Waals surface area (Å²) in [5.74, 6) is -0.148. The van der Waals surface area contributed by atoms with Crippen molar-refractivity contribution in [2.75, 3.05) is 26.2 Å². The molecule has 1 aromatic carbocycles. The molecule has 1 heterocycles. The number of rotatable bonds is 6. The summed E-state index contributed by atoms with van der Waals surface area (Å²) in [5, 5.41) is 0. The first-order chi connectivity index (χ1) is 9.69. The van der Waals surface area contributed by atoms with Crippen LogP contribution in [0.15, 0.2) is 18.2 Å². The van der Waals surface area contributed by atoms with Crippen LogP contribution in [-0.4, -0.2) is 37.2 Å². The SMILES string of the molecule is Cc1ccc(F)cc1CN1CCC(OCCCN)CC1. The van der Waals surface area contributed by atoms with Gasteiger partial charge in [0.25, 0.3) is 0 Å². The van der Waals surface area contributed by atoms with Crippen molar-refractivity contribution in [3.63, 3.8) is 0 Å². The van der Waals surface area contributed by atoms with Gasteiger partial charge in [0, 0.05) is 26.2 Å². The van der Waals surface area contributed by atoms with E-state index >= 15 is 0 Å². The lowest BCUT2D eigenvalue weighted by molar-refractivity contribution is 0.00559. The lowest BCUT2D eigenvalue weighted by Crippen LogP contribution is -2.37. The smallest absolute Gasteiger partial charge is 0.123 e. The molecule has 20 heavy (non-hydrogen) atoms. The molecule has 1 aliphatic rings. The number of likely N-dealkylation sites (tertiary alicyclic amines) is 1. The summed E-state index contributed by atoms with van der Waals surface area (Å²) in [7, 11) is 0. The van der Waals surface area contributed by atoms with Crippen molar-refractivity contribution in [2.45, 2.75) is 38.8 Å². The van der Waals surface area contributed by atoms with Crippen LogP contribution >= 0.6 is 0 Å². The van der Waals surface area contributed by atoms with Gasteiger partial charge in [-0.2, -0.15) is 0 Å². The standard InChI is InChI=1S/C16H25FN2O/c1-13-3-4-15(17)11-14(13)12-19-8-5-16(6-9-19)20-10-2-7-18/h3-4,11,16H,2,5-10,12,18H2,1H3. The fraction of sp³-hybridized carbons (Fsp3) is 0.625. The van der Waals surface area contributed by atoms with E-state index in [2.05, 4.69) is 4.90 Å². The van der Waals surface area contributed by atoms with E-state index in [1.54, 1.807) is 6.07 Å². The first kappa shape index (κ1) is 15.4. The highest BCUT2D eigenvalue weighted by Gasteiger charge is 2.20. The van der Waals surface area contributed by atoms with E-state index in [1.165, 1.54) is 6.07 Å². The van der Waals surface area contributed by atoms with Gasteiger partial charge < -0.3 is 10.5 Å². The minimum atomic E-state index is -0.148. The molecule has 0 radical (unpaired) electrons. The van der Waals surface area contributed by atoms with Crippen molar-refractivity contribution in [2.24, 2.45) is 5.73 Å². The van der Waals surface area contributed by atoms with Gasteiger partial charge in [0.2, 0.25) is 0 Å². The maximum absolute atomic E-state index is 13.3. The van der Waals surface area contributed by atoms with Crippen LogP contribution in [0.4, 0.5) is 4.39 Å². The Balaban J connectivity index is 1.78. The maximum atomic E-state index is 13.3. The van der Waals surface area contributed by atoms with E-state index in [0.717, 1.165) is 56.6 Å². The topological polar surface area (TPSA) is 38.5 Å². The molecule has 0 amide bonds. The van der Waals surface area contributed by atoms with Gasteiger partial charge in [-0.15, -0.1) is 0 Å². The van der Waals surface area contributed by atoms with Crippen LogP contribution in [0, 0.1) is 12.7 Å². The van der Waals surface area contributed by atoms with Crippen molar-refractivity contribution >= 4 is 0 Å². The van der Waals surface area contributed by atoms with Crippen LogP contribution in [0.5, 0.6) is 0 Å². The average Bonchev–Trinajstić information content (AvgIpc) is 2.45. The maximum Gasteiger partial charge on any atom is 0.123 e. The Morgan fingerprint density at radius 1 is 1.35 bits per heavy atom. The second kappa shape index (κ2) is 7.72. The first-order valence-electron chi connectivity index (χ1n) is 7.48. The van der Waals surface area contributed by atoms with Crippen LogP contribution in [0.1, 0.15) is 30.4 Å². The molecular formula is C16H25FN2O.